The van der Waals surface area contributed by atoms with Gasteiger partial charge in [0.2, 0.25) is 5.91 Å². The monoisotopic (exact) mass is 282 g/mol. The Morgan fingerprint density at radius 2 is 1.86 bits per heavy atom. The number of carbonyl (C=O) groups is 2. The third kappa shape index (κ3) is 3.69. The second-order valence-electron chi connectivity index (χ2n) is 5.15. The third-order valence-corrected chi connectivity index (χ3v) is 3.21. The van der Waals surface area contributed by atoms with Gasteiger partial charge in [0.1, 0.15) is 6.04 Å². The molecular formula is C17H18N2O2. The van der Waals surface area contributed by atoms with Gasteiger partial charge in [0.25, 0.3) is 5.91 Å². The number of benzene rings is 2. The van der Waals surface area contributed by atoms with Gasteiger partial charge in [-0.15, -0.1) is 6.58 Å². The van der Waals surface area contributed by atoms with E-state index in [9.17, 15) is 9.59 Å². The van der Waals surface area contributed by atoms with Crippen molar-refractivity contribution in [2.24, 2.45) is 5.73 Å². The summed E-state index contributed by atoms with van der Waals surface area (Å²) >= 11 is 0. The van der Waals surface area contributed by atoms with E-state index < -0.39 is 11.9 Å². The number of carbonyl (C=O) groups excluding carboxylic acids is 2. The van der Waals surface area contributed by atoms with Crippen LogP contribution < -0.4 is 11.1 Å². The summed E-state index contributed by atoms with van der Waals surface area (Å²) in [5.74, 6) is -0.877. The molecule has 0 aromatic heterocycles. The molecule has 2 rings (SSSR count). The van der Waals surface area contributed by atoms with Crippen LogP contribution in [0.15, 0.2) is 54.6 Å². The van der Waals surface area contributed by atoms with Crippen molar-refractivity contribution in [3.63, 3.8) is 0 Å². The quantitative estimate of drug-likeness (QED) is 0.826. The van der Waals surface area contributed by atoms with Crippen molar-refractivity contribution in [3.05, 3.63) is 60.2 Å². The Morgan fingerprint density at radius 3 is 2.48 bits per heavy atom. The van der Waals surface area contributed by atoms with E-state index in [0.29, 0.717) is 12.0 Å². The minimum absolute atomic E-state index is 0.314. The van der Waals surface area contributed by atoms with Gasteiger partial charge >= 0.3 is 0 Å². The molecule has 108 valence electrons. The molecule has 3 N–H and O–H groups in total. The summed E-state index contributed by atoms with van der Waals surface area (Å²) in [6.45, 7) is 5.53. The number of fused-ring (bicyclic) bond motifs is 1. The topological polar surface area (TPSA) is 72.2 Å². The molecule has 2 aromatic carbocycles. The van der Waals surface area contributed by atoms with Crippen LogP contribution in [0, 0.1) is 0 Å². The van der Waals surface area contributed by atoms with E-state index in [0.717, 1.165) is 16.3 Å². The predicted octanol–water partition coefficient (Wildman–Crippen LogP) is 2.39. The second-order valence-corrected chi connectivity index (χ2v) is 5.15. The van der Waals surface area contributed by atoms with Crippen molar-refractivity contribution in [3.8, 4) is 0 Å². The zero-order chi connectivity index (χ0) is 15.4. The molecule has 4 nitrogen and oxygen atoms in total. The first-order valence-corrected chi connectivity index (χ1v) is 6.71. The molecule has 0 bridgehead atoms. The summed E-state index contributed by atoms with van der Waals surface area (Å²) < 4.78 is 0. The molecule has 0 saturated carbocycles. The molecule has 0 aliphatic rings. The highest BCUT2D eigenvalue weighted by Gasteiger charge is 2.18. The third-order valence-electron chi connectivity index (χ3n) is 3.21. The van der Waals surface area contributed by atoms with E-state index in [4.69, 9.17) is 5.73 Å². The van der Waals surface area contributed by atoms with Gasteiger partial charge in [-0.3, -0.25) is 9.59 Å². The molecule has 2 aromatic rings. The fourth-order valence-corrected chi connectivity index (χ4v) is 2.14. The van der Waals surface area contributed by atoms with Gasteiger partial charge in [0.05, 0.1) is 0 Å². The van der Waals surface area contributed by atoms with E-state index in [1.54, 1.807) is 19.1 Å². The number of hydrogen-bond acceptors (Lipinski definition) is 2. The number of amides is 2. The Hall–Kier alpha value is -2.62. The number of nitrogens with one attached hydrogen (secondary N) is 1. The van der Waals surface area contributed by atoms with Gasteiger partial charge in [-0.05, 0) is 36.2 Å². The summed E-state index contributed by atoms with van der Waals surface area (Å²) in [6, 6.07) is 12.4. The predicted molar refractivity (Wildman–Crippen MR) is 83.8 cm³/mol. The summed E-state index contributed by atoms with van der Waals surface area (Å²) in [7, 11) is 0. The van der Waals surface area contributed by atoms with Gasteiger partial charge in [-0.1, -0.05) is 35.9 Å². The van der Waals surface area contributed by atoms with E-state index in [-0.39, 0.29) is 5.91 Å². The first-order chi connectivity index (χ1) is 9.97. The lowest BCUT2D eigenvalue weighted by molar-refractivity contribution is -0.119. The highest BCUT2D eigenvalue weighted by Crippen LogP contribution is 2.16. The maximum atomic E-state index is 12.2. The van der Waals surface area contributed by atoms with Crippen molar-refractivity contribution in [2.45, 2.75) is 19.4 Å². The average molecular weight is 282 g/mol. The zero-order valence-electron chi connectivity index (χ0n) is 11.9. The molecule has 1 atom stereocenters. The number of primary amides is 1. The van der Waals surface area contributed by atoms with Crippen molar-refractivity contribution >= 4 is 22.6 Å². The van der Waals surface area contributed by atoms with Gasteiger partial charge in [-0.2, -0.15) is 0 Å². The number of hydrogen-bond donors (Lipinski definition) is 2. The molecule has 0 aliphatic carbocycles. The smallest absolute Gasteiger partial charge is 0.251 e. The van der Waals surface area contributed by atoms with Crippen LogP contribution in [0.25, 0.3) is 10.8 Å². The lowest BCUT2D eigenvalue weighted by atomic mass is 10.0. The Balaban J connectivity index is 2.20. The standard InChI is InChI=1S/C17H18N2O2/c1-11(2)9-15(16(18)20)19-17(21)14-8-7-12-5-3-4-6-13(12)10-14/h3-8,10,15H,1,9H2,2H3,(H2,18,20)(H,19,21)/t15-/m0/s1. The minimum atomic E-state index is -0.735. The second kappa shape index (κ2) is 6.22. The number of nitrogens with two attached hydrogens (primary N) is 1. The van der Waals surface area contributed by atoms with Crippen molar-refractivity contribution in [2.75, 3.05) is 0 Å². The van der Waals surface area contributed by atoms with Gasteiger partial charge in [-0.25, -0.2) is 0 Å². The SMILES string of the molecule is C=C(C)C[C@H](NC(=O)c1ccc2ccccc2c1)C(N)=O. The van der Waals surface area contributed by atoms with E-state index >= 15 is 0 Å². The Bertz CT molecular complexity index is 707. The summed E-state index contributed by atoms with van der Waals surface area (Å²) in [5.41, 5.74) is 6.60. The van der Waals surface area contributed by atoms with Crippen LogP contribution >= 0.6 is 0 Å². The van der Waals surface area contributed by atoms with E-state index in [2.05, 4.69) is 11.9 Å². The lowest BCUT2D eigenvalue weighted by Crippen LogP contribution is -2.44. The first-order valence-electron chi connectivity index (χ1n) is 6.71. The normalized spacial score (nSPS) is 11.9. The molecule has 2 amide bonds. The highest BCUT2D eigenvalue weighted by atomic mass is 16.2. The molecule has 0 spiro atoms. The minimum Gasteiger partial charge on any atom is -0.368 e. The van der Waals surface area contributed by atoms with Crippen LogP contribution in [-0.4, -0.2) is 17.9 Å². The van der Waals surface area contributed by atoms with E-state index in [1.165, 1.54) is 0 Å². The van der Waals surface area contributed by atoms with Crippen molar-refractivity contribution < 1.29 is 9.59 Å². The average Bonchev–Trinajstić information content (AvgIpc) is 2.45. The fourth-order valence-electron chi connectivity index (χ4n) is 2.14. The molecule has 21 heavy (non-hydrogen) atoms. The molecule has 0 saturated heterocycles. The Morgan fingerprint density at radius 1 is 1.19 bits per heavy atom. The number of rotatable bonds is 5. The van der Waals surface area contributed by atoms with Crippen LogP contribution in [0.1, 0.15) is 23.7 Å². The van der Waals surface area contributed by atoms with Crippen LogP contribution in [0.3, 0.4) is 0 Å². The first kappa shape index (κ1) is 14.8. The zero-order valence-corrected chi connectivity index (χ0v) is 11.9. The molecule has 0 fully saturated rings. The molecular weight excluding hydrogens is 264 g/mol. The van der Waals surface area contributed by atoms with Crippen LogP contribution in [-0.2, 0) is 4.79 Å². The summed E-state index contributed by atoms with van der Waals surface area (Å²) in [6.07, 6.45) is 0.342. The molecule has 0 heterocycles. The largest absolute Gasteiger partial charge is 0.368 e. The Kier molecular flexibility index (Phi) is 4.38. The summed E-state index contributed by atoms with van der Waals surface area (Å²) in [5, 5.41) is 4.69. The summed E-state index contributed by atoms with van der Waals surface area (Å²) in [4.78, 5) is 23.6. The van der Waals surface area contributed by atoms with Crippen molar-refractivity contribution in [1.82, 2.24) is 5.32 Å². The van der Waals surface area contributed by atoms with Crippen LogP contribution in [0.4, 0.5) is 0 Å². The van der Waals surface area contributed by atoms with Gasteiger partial charge in [0.15, 0.2) is 0 Å². The van der Waals surface area contributed by atoms with Gasteiger partial charge in [0, 0.05) is 5.56 Å². The molecule has 0 radical (unpaired) electrons. The Labute approximate surface area is 123 Å². The van der Waals surface area contributed by atoms with Crippen molar-refractivity contribution in [1.29, 1.82) is 0 Å². The highest BCUT2D eigenvalue weighted by molar-refractivity contribution is 6.00. The van der Waals surface area contributed by atoms with Crippen LogP contribution in [0.5, 0.6) is 0 Å². The molecule has 4 heteroatoms. The maximum Gasteiger partial charge on any atom is 0.251 e. The van der Waals surface area contributed by atoms with E-state index in [1.807, 2.05) is 30.3 Å². The lowest BCUT2D eigenvalue weighted by Gasteiger charge is -2.15. The maximum absolute atomic E-state index is 12.2. The fraction of sp³-hybridized carbons (Fsp3) is 0.176. The van der Waals surface area contributed by atoms with Gasteiger partial charge < -0.3 is 11.1 Å². The molecule has 0 unspecified atom stereocenters. The van der Waals surface area contributed by atoms with Crippen LogP contribution in [0.2, 0.25) is 0 Å². The molecule has 0 aliphatic heterocycles.